The molecular formula is C89H128N20O25. The van der Waals surface area contributed by atoms with Crippen LogP contribution >= 0.6 is 0 Å². The van der Waals surface area contributed by atoms with Gasteiger partial charge in [-0.1, -0.05) is 105 Å². The van der Waals surface area contributed by atoms with E-state index in [1.807, 2.05) is 6.92 Å². The Morgan fingerprint density at radius 1 is 0.433 bits per heavy atom. The van der Waals surface area contributed by atoms with Gasteiger partial charge in [0.1, 0.15) is 48.9 Å². The molecule has 1 aromatic heterocycles. The number of carboxylic acids is 5. The number of unbranched alkanes of at least 4 members (excludes halogenated alkanes) is 4. The molecule has 45 nitrogen and oxygen atoms in total. The highest BCUT2D eigenvalue weighted by atomic mass is 16.5. The lowest BCUT2D eigenvalue weighted by Gasteiger charge is -2.33. The number of para-hydroxylation sites is 1. The van der Waals surface area contributed by atoms with E-state index in [1.165, 1.54) is 11.9 Å². The first kappa shape index (κ1) is 107. The molecule has 4 aliphatic rings. The molecule has 17 N–H and O–H groups in total. The van der Waals surface area contributed by atoms with E-state index in [4.69, 9.17) is 9.47 Å². The summed E-state index contributed by atoms with van der Waals surface area (Å²) in [6.45, 7) is 1.26. The average molecular weight is 1880 g/mol. The number of urea groups is 1. The number of hydrogen-bond donors (Lipinski definition) is 17. The molecule has 0 unspecified atom stereocenters. The number of amides is 14. The number of ether oxygens (including phenoxy) is 2. The van der Waals surface area contributed by atoms with E-state index in [0.29, 0.717) is 59.1 Å². The number of piperazine rings is 1. The van der Waals surface area contributed by atoms with Gasteiger partial charge in [0.15, 0.2) is 0 Å². The van der Waals surface area contributed by atoms with E-state index in [-0.39, 0.29) is 214 Å². The maximum Gasteiger partial charge on any atom is 0.317 e. The van der Waals surface area contributed by atoms with Gasteiger partial charge < -0.3 is 113 Å². The van der Waals surface area contributed by atoms with Crippen LogP contribution in [0.1, 0.15) is 99.8 Å². The molecule has 4 saturated heterocycles. The number of nitrogens with one attached hydrogen (secondary N) is 12. The molecular weight excluding hydrogens is 1750 g/mol. The number of aliphatic carboxylic acids is 5. The third kappa shape index (κ3) is 37.7. The van der Waals surface area contributed by atoms with Crippen LogP contribution in [0.3, 0.4) is 0 Å². The lowest BCUT2D eigenvalue weighted by molar-refractivity contribution is -0.146. The summed E-state index contributed by atoms with van der Waals surface area (Å²) in [4.78, 5) is 260. The first-order valence-corrected chi connectivity index (χ1v) is 45.3. The molecule has 0 spiro atoms. The molecule has 4 aromatic rings. The number of H-pyrrole nitrogens is 1. The summed E-state index contributed by atoms with van der Waals surface area (Å²) in [6.07, 6.45) is 2.93. The van der Waals surface area contributed by atoms with E-state index >= 15 is 14.4 Å². The zero-order valence-corrected chi connectivity index (χ0v) is 75.8. The third-order valence-electron chi connectivity index (χ3n) is 23.3. The lowest BCUT2D eigenvalue weighted by atomic mass is 9.99. The summed E-state index contributed by atoms with van der Waals surface area (Å²) in [7, 11) is 1.32. The first-order chi connectivity index (χ1) is 64.3. The zero-order chi connectivity index (χ0) is 97.0. The number of carboxylic acid groups (broad SMARTS) is 5. The first-order valence-electron chi connectivity index (χ1n) is 45.3. The molecule has 4 fully saturated rings. The Labute approximate surface area is 775 Å². The Hall–Kier alpha value is -12.8. The van der Waals surface area contributed by atoms with Gasteiger partial charge >= 0.3 is 35.9 Å². The molecule has 14 amide bonds. The standard InChI is InChI=1S/C89H128N20O25/c1-3-4-5-9-19-66-84(127)99-68(46-62-49-92-64-18-11-10-17-63(62)64)82(125)95-51-73(111)97-65(20-12-13-26-91-89(132)108-39-37-107(38-40-108)57-81(123)124)83(126)101-69(47-77(115)116)88(131)109-28-14-21-70(109)86(129)96-50-72(110)94-52-76(114)102(2)71(45-59-15-7-6-8-16-59)87(130)100-67(85(128)98-66)44-60-22-24-61(25-23-60)48-93-75(113)58-134-43-42-133-41-27-90-74(112)53-103-29-31-104(54-78(117)118)33-35-106(56-80(121)122)36-34-105(32-30-103)55-79(119)120/h6-8,10-11,15-18,22-25,49,65-71,92H,3-5,9,12-14,19-21,26-48,50-58H2,1-2H3,(H,90,112)(H,91,132)(H,93,113)(H,94,110)(H,95,125)(H,96,129)(H,97,111)(H,98,128)(H,99,127)(H,100,130)(H,101,126)(H,115,116)(H,117,118)(H,119,120)(H,121,122)(H,123,124)/t65-,66-,67-,68-,69-,70+,71-/m0/s1. The minimum absolute atomic E-state index is 0.000729. The van der Waals surface area contributed by atoms with Crippen LogP contribution in [0.5, 0.6) is 0 Å². The molecule has 4 aliphatic heterocycles. The Balaban J connectivity index is 0.975. The Morgan fingerprint density at radius 3 is 1.56 bits per heavy atom. The highest BCUT2D eigenvalue weighted by molar-refractivity contribution is 6.00. The fourth-order valence-corrected chi connectivity index (χ4v) is 15.9. The van der Waals surface area contributed by atoms with Crippen LogP contribution in [0.25, 0.3) is 10.9 Å². The summed E-state index contributed by atoms with van der Waals surface area (Å²) in [5.41, 5.74) is 2.85. The summed E-state index contributed by atoms with van der Waals surface area (Å²) < 4.78 is 11.2. The van der Waals surface area contributed by atoms with Crippen molar-refractivity contribution in [3.63, 3.8) is 0 Å². The predicted molar refractivity (Wildman–Crippen MR) is 481 cm³/mol. The number of rotatable bonds is 38. The van der Waals surface area contributed by atoms with Gasteiger partial charge in [0.05, 0.1) is 78.6 Å². The fraction of sp³-hybridized carbons (Fsp3) is 0.573. The highest BCUT2D eigenvalue weighted by Gasteiger charge is 2.41. The van der Waals surface area contributed by atoms with Gasteiger partial charge in [-0.2, -0.15) is 0 Å². The highest BCUT2D eigenvalue weighted by Crippen LogP contribution is 2.23. The van der Waals surface area contributed by atoms with Crippen molar-refractivity contribution in [2.24, 2.45) is 0 Å². The zero-order valence-electron chi connectivity index (χ0n) is 75.8. The van der Waals surface area contributed by atoms with Crippen molar-refractivity contribution in [2.45, 2.75) is 146 Å². The number of nitrogens with zero attached hydrogens (tertiary/aromatic N) is 8. The average Bonchev–Trinajstić information content (AvgIpc) is 1.69. The van der Waals surface area contributed by atoms with Gasteiger partial charge in [0.25, 0.3) is 0 Å². The van der Waals surface area contributed by atoms with Crippen molar-refractivity contribution >= 4 is 118 Å². The van der Waals surface area contributed by atoms with Gasteiger partial charge in [0.2, 0.25) is 70.9 Å². The second-order valence-corrected chi connectivity index (χ2v) is 33.5. The molecule has 0 radical (unpaired) electrons. The predicted octanol–water partition coefficient (Wildman–Crippen LogP) is -3.93. The number of carbonyl (C=O) groups excluding carboxylic acids is 13. The van der Waals surface area contributed by atoms with Gasteiger partial charge in [-0.25, -0.2) is 4.79 Å². The summed E-state index contributed by atoms with van der Waals surface area (Å²) in [5.74, 6) is -15.6. The summed E-state index contributed by atoms with van der Waals surface area (Å²) in [6, 6.07) is 11.4. The number of hydrogen-bond acceptors (Lipinski definition) is 25. The van der Waals surface area contributed by atoms with Crippen LogP contribution in [-0.2, 0) is 117 Å². The van der Waals surface area contributed by atoms with E-state index < -0.39 is 169 Å². The van der Waals surface area contributed by atoms with Crippen molar-refractivity contribution in [1.82, 2.24) is 103 Å². The molecule has 134 heavy (non-hydrogen) atoms. The van der Waals surface area contributed by atoms with Gasteiger partial charge in [-0.05, 0) is 66.8 Å². The van der Waals surface area contributed by atoms with Gasteiger partial charge in [0, 0.05) is 148 Å². The second kappa shape index (κ2) is 56.3. The van der Waals surface area contributed by atoms with Crippen LogP contribution in [0.4, 0.5) is 4.79 Å². The lowest BCUT2D eigenvalue weighted by Crippen LogP contribution is -2.60. The third-order valence-corrected chi connectivity index (χ3v) is 23.3. The number of carbonyl (C=O) groups is 18. The van der Waals surface area contributed by atoms with E-state index in [1.54, 1.807) is 110 Å². The number of aromatic amines is 1. The molecule has 5 heterocycles. The van der Waals surface area contributed by atoms with Gasteiger partial charge in [-0.3, -0.25) is 106 Å². The van der Waals surface area contributed by atoms with Crippen molar-refractivity contribution in [3.8, 4) is 0 Å². The van der Waals surface area contributed by atoms with Gasteiger partial charge in [-0.15, -0.1) is 0 Å². The quantitative estimate of drug-likeness (QED) is 0.0191. The van der Waals surface area contributed by atoms with Crippen LogP contribution in [0.2, 0.25) is 0 Å². The van der Waals surface area contributed by atoms with E-state index in [0.717, 1.165) is 22.6 Å². The van der Waals surface area contributed by atoms with Crippen molar-refractivity contribution in [3.05, 3.63) is 107 Å². The van der Waals surface area contributed by atoms with Crippen LogP contribution < -0.4 is 58.5 Å². The molecule has 0 saturated carbocycles. The number of likely N-dealkylation sites (N-methyl/N-ethyl adjacent to an activating group) is 1. The number of fused-ring (bicyclic) bond motifs is 2. The Bertz CT molecular complexity index is 4600. The smallest absolute Gasteiger partial charge is 0.317 e. The molecule has 7 atom stereocenters. The fourth-order valence-electron chi connectivity index (χ4n) is 15.9. The maximum atomic E-state index is 15.4. The molecule has 3 aromatic carbocycles. The SMILES string of the molecule is CCCCCC[C@@H]1NC(=O)[C@H](Cc2ccc(CNC(=O)COCCOCCNC(=O)CN3CCN(CC(=O)O)CCN(CC(=O)O)CCN(CC(=O)O)CC3)cc2)NC(=O)[C@H](Cc2ccccc2)N(C)C(=O)CNC(=O)CNC(=O)[C@H]2CCCN2C(=O)[C@H](CC(=O)O)NC(=O)[C@H](CCCCNC(=O)N2CCN(CC(=O)O)CC2)NC(=O)CNC(=O)[C@H](Cc2c[nH]c3ccccc23)NC1=O. The molecule has 8 rings (SSSR count). The van der Waals surface area contributed by atoms with Crippen molar-refractivity contribution < 1.29 is 121 Å². The Morgan fingerprint density at radius 2 is 0.948 bits per heavy atom. The van der Waals surface area contributed by atoms with Crippen molar-refractivity contribution in [1.29, 1.82) is 0 Å². The largest absolute Gasteiger partial charge is 0.481 e. The normalized spacial score (nSPS) is 21.0. The van der Waals surface area contributed by atoms with Crippen LogP contribution in [0, 0.1) is 0 Å². The van der Waals surface area contributed by atoms with Crippen molar-refractivity contribution in [2.75, 3.05) is 184 Å². The van der Waals surface area contributed by atoms with E-state index in [9.17, 15) is 97.5 Å². The monoisotopic (exact) mass is 1880 g/mol. The minimum Gasteiger partial charge on any atom is -0.481 e. The summed E-state index contributed by atoms with van der Waals surface area (Å²) >= 11 is 0. The molecule has 0 bridgehead atoms. The maximum absolute atomic E-state index is 15.4. The molecule has 734 valence electrons. The summed E-state index contributed by atoms with van der Waals surface area (Å²) in [5, 5.41) is 78.1. The molecule has 45 heteroatoms. The van der Waals surface area contributed by atoms with Crippen LogP contribution in [0.15, 0.2) is 85.1 Å². The van der Waals surface area contributed by atoms with E-state index in [2.05, 4.69) is 63.5 Å². The number of aromatic nitrogens is 1. The molecule has 0 aliphatic carbocycles. The van der Waals surface area contributed by atoms with Crippen LogP contribution in [-0.4, -0.2) is 403 Å². The Kier molecular flexibility index (Phi) is 44.7. The topological polar surface area (TPSA) is 601 Å². The second-order valence-electron chi connectivity index (χ2n) is 33.5. The minimum atomic E-state index is -1.83. The number of benzene rings is 3.